The van der Waals surface area contributed by atoms with Gasteiger partial charge in [-0.25, -0.2) is 0 Å². The van der Waals surface area contributed by atoms with Crippen molar-refractivity contribution in [2.24, 2.45) is 0 Å². The van der Waals surface area contributed by atoms with Crippen LogP contribution in [0.3, 0.4) is 0 Å². The Morgan fingerprint density at radius 3 is 2.89 bits per heavy atom. The zero-order chi connectivity index (χ0) is 13.0. The van der Waals surface area contributed by atoms with Crippen molar-refractivity contribution in [3.05, 3.63) is 29.8 Å². The second-order valence-electron chi connectivity index (χ2n) is 4.55. The summed E-state index contributed by atoms with van der Waals surface area (Å²) < 4.78 is 5.23. The molecule has 18 heavy (non-hydrogen) atoms. The predicted molar refractivity (Wildman–Crippen MR) is 71.6 cm³/mol. The Labute approximate surface area is 108 Å². The maximum absolute atomic E-state index is 12.2. The number of rotatable bonds is 3. The van der Waals surface area contributed by atoms with Crippen LogP contribution in [0.2, 0.25) is 0 Å². The second-order valence-corrected chi connectivity index (χ2v) is 4.55. The van der Waals surface area contributed by atoms with Crippen LogP contribution in [0.15, 0.2) is 24.3 Å². The first-order chi connectivity index (χ1) is 8.72. The highest BCUT2D eigenvalue weighted by atomic mass is 16.5. The number of hydrogen-bond acceptors (Lipinski definition) is 3. The molecule has 0 fully saturated rings. The highest BCUT2D eigenvalue weighted by molar-refractivity contribution is 5.95. The van der Waals surface area contributed by atoms with E-state index in [4.69, 9.17) is 4.74 Å². The molecule has 0 aliphatic carbocycles. The fourth-order valence-electron chi connectivity index (χ4n) is 2.20. The lowest BCUT2D eigenvalue weighted by molar-refractivity contribution is -0.122. The molecule has 1 aliphatic heterocycles. The number of ether oxygens (including phenoxy) is 1. The van der Waals surface area contributed by atoms with Crippen molar-refractivity contribution in [1.29, 1.82) is 0 Å². The molecule has 1 aromatic rings. The number of likely N-dealkylation sites (N-methyl/N-ethyl adjacent to an activating group) is 1. The van der Waals surface area contributed by atoms with Gasteiger partial charge in [-0.1, -0.05) is 18.2 Å². The van der Waals surface area contributed by atoms with Crippen molar-refractivity contribution in [2.45, 2.75) is 13.5 Å². The number of fused-ring (bicyclic) bond motifs is 1. The highest BCUT2D eigenvalue weighted by Crippen LogP contribution is 2.24. The van der Waals surface area contributed by atoms with Gasteiger partial charge >= 0.3 is 0 Å². The van der Waals surface area contributed by atoms with Gasteiger partial charge in [-0.3, -0.25) is 4.79 Å². The first-order valence-electron chi connectivity index (χ1n) is 6.37. The molecule has 0 unspecified atom stereocenters. The molecule has 0 saturated carbocycles. The standard InChI is InChI=1S/C14H20N2O2/c1-3-18-11-14(17)16-9-8-15(2)10-12-6-4-5-7-13(12)16/h4-7H,3,8-11H2,1-2H3. The monoisotopic (exact) mass is 248 g/mol. The molecular weight excluding hydrogens is 228 g/mol. The summed E-state index contributed by atoms with van der Waals surface area (Å²) in [6, 6.07) is 8.09. The zero-order valence-corrected chi connectivity index (χ0v) is 11.1. The maximum atomic E-state index is 12.2. The summed E-state index contributed by atoms with van der Waals surface area (Å²) in [6.07, 6.45) is 0. The Morgan fingerprint density at radius 2 is 2.11 bits per heavy atom. The zero-order valence-electron chi connectivity index (χ0n) is 11.1. The molecular formula is C14H20N2O2. The molecule has 0 aromatic heterocycles. The average molecular weight is 248 g/mol. The number of anilines is 1. The molecule has 98 valence electrons. The predicted octanol–water partition coefficient (Wildman–Crippen LogP) is 1.50. The van der Waals surface area contributed by atoms with Crippen molar-refractivity contribution in [3.8, 4) is 0 Å². The van der Waals surface area contributed by atoms with Crippen LogP contribution in [0.5, 0.6) is 0 Å². The first-order valence-corrected chi connectivity index (χ1v) is 6.37. The van der Waals surface area contributed by atoms with E-state index in [0.717, 1.165) is 25.3 Å². The molecule has 0 N–H and O–H groups in total. The van der Waals surface area contributed by atoms with Gasteiger partial charge in [0.2, 0.25) is 0 Å². The van der Waals surface area contributed by atoms with Crippen LogP contribution in [0.4, 0.5) is 5.69 Å². The van der Waals surface area contributed by atoms with Crippen molar-refractivity contribution in [3.63, 3.8) is 0 Å². The van der Waals surface area contributed by atoms with Gasteiger partial charge in [0.15, 0.2) is 0 Å². The van der Waals surface area contributed by atoms with Gasteiger partial charge in [0.05, 0.1) is 0 Å². The summed E-state index contributed by atoms with van der Waals surface area (Å²) in [5.41, 5.74) is 2.22. The summed E-state index contributed by atoms with van der Waals surface area (Å²) in [6.45, 7) is 5.12. The normalized spacial score (nSPS) is 16.2. The van der Waals surface area contributed by atoms with Crippen LogP contribution in [-0.2, 0) is 16.1 Å². The molecule has 2 rings (SSSR count). The fourth-order valence-corrected chi connectivity index (χ4v) is 2.20. The average Bonchev–Trinajstić information content (AvgIpc) is 2.54. The SMILES string of the molecule is CCOCC(=O)N1CCN(C)Cc2ccccc21. The number of hydrogen-bond donors (Lipinski definition) is 0. The van der Waals surface area contributed by atoms with Crippen LogP contribution < -0.4 is 4.90 Å². The number of carbonyl (C=O) groups excluding carboxylic acids is 1. The lowest BCUT2D eigenvalue weighted by Gasteiger charge is -2.22. The van der Waals surface area contributed by atoms with Crippen molar-refractivity contribution in [2.75, 3.05) is 38.3 Å². The lowest BCUT2D eigenvalue weighted by Crippen LogP contribution is -2.37. The topological polar surface area (TPSA) is 32.8 Å². The number of carbonyl (C=O) groups is 1. The van der Waals surface area contributed by atoms with E-state index >= 15 is 0 Å². The molecule has 0 radical (unpaired) electrons. The largest absolute Gasteiger partial charge is 0.372 e. The van der Waals surface area contributed by atoms with Gasteiger partial charge < -0.3 is 14.5 Å². The van der Waals surface area contributed by atoms with Gasteiger partial charge in [-0.15, -0.1) is 0 Å². The van der Waals surface area contributed by atoms with Crippen molar-refractivity contribution in [1.82, 2.24) is 4.90 Å². The van der Waals surface area contributed by atoms with Crippen molar-refractivity contribution >= 4 is 11.6 Å². The molecule has 0 saturated heterocycles. The molecule has 1 amide bonds. The second kappa shape index (κ2) is 5.98. The highest BCUT2D eigenvalue weighted by Gasteiger charge is 2.22. The molecule has 4 heteroatoms. The summed E-state index contributed by atoms with van der Waals surface area (Å²) in [4.78, 5) is 16.2. The molecule has 4 nitrogen and oxygen atoms in total. The third-order valence-electron chi connectivity index (χ3n) is 3.16. The number of amides is 1. The van der Waals surface area contributed by atoms with Gasteiger partial charge in [-0.05, 0) is 25.6 Å². The Kier molecular flexibility index (Phi) is 4.33. The van der Waals surface area contributed by atoms with Crippen molar-refractivity contribution < 1.29 is 9.53 Å². The molecule has 0 spiro atoms. The lowest BCUT2D eigenvalue weighted by atomic mass is 10.1. The van der Waals surface area contributed by atoms with Crippen LogP contribution in [-0.4, -0.2) is 44.2 Å². The third-order valence-corrected chi connectivity index (χ3v) is 3.16. The number of nitrogens with zero attached hydrogens (tertiary/aromatic N) is 2. The minimum absolute atomic E-state index is 0.0413. The number of benzene rings is 1. The van der Waals surface area contributed by atoms with E-state index in [9.17, 15) is 4.79 Å². The molecule has 1 aromatic carbocycles. The van der Waals surface area contributed by atoms with Crippen LogP contribution >= 0.6 is 0 Å². The third kappa shape index (κ3) is 2.89. The molecule has 0 bridgehead atoms. The summed E-state index contributed by atoms with van der Waals surface area (Å²) in [5, 5.41) is 0. The Balaban J connectivity index is 2.23. The maximum Gasteiger partial charge on any atom is 0.253 e. The van der Waals surface area contributed by atoms with E-state index in [2.05, 4.69) is 18.0 Å². The summed E-state index contributed by atoms with van der Waals surface area (Å²) in [7, 11) is 2.08. The van der Waals surface area contributed by atoms with E-state index in [1.165, 1.54) is 5.56 Å². The molecule has 0 atom stereocenters. The van der Waals surface area contributed by atoms with Crippen LogP contribution in [0.25, 0.3) is 0 Å². The van der Waals surface area contributed by atoms with E-state index < -0.39 is 0 Å². The molecule has 1 aliphatic rings. The van der Waals surface area contributed by atoms with Gasteiger partial charge in [0.1, 0.15) is 6.61 Å². The van der Waals surface area contributed by atoms with E-state index in [1.54, 1.807) is 0 Å². The quantitative estimate of drug-likeness (QED) is 0.812. The van der Waals surface area contributed by atoms with Gasteiger partial charge in [0, 0.05) is 31.9 Å². The Hall–Kier alpha value is -1.39. The van der Waals surface area contributed by atoms with E-state index in [1.807, 2.05) is 30.0 Å². The fraction of sp³-hybridized carbons (Fsp3) is 0.500. The summed E-state index contributed by atoms with van der Waals surface area (Å²) >= 11 is 0. The Morgan fingerprint density at radius 1 is 1.33 bits per heavy atom. The van der Waals surface area contributed by atoms with E-state index in [0.29, 0.717) is 6.61 Å². The molecule has 1 heterocycles. The van der Waals surface area contributed by atoms with E-state index in [-0.39, 0.29) is 12.5 Å². The minimum Gasteiger partial charge on any atom is -0.372 e. The van der Waals surface area contributed by atoms with Gasteiger partial charge in [0.25, 0.3) is 5.91 Å². The van der Waals surface area contributed by atoms with Gasteiger partial charge in [-0.2, -0.15) is 0 Å². The summed E-state index contributed by atoms with van der Waals surface area (Å²) in [5.74, 6) is 0.0413. The van der Waals surface area contributed by atoms with Crippen LogP contribution in [0.1, 0.15) is 12.5 Å². The van der Waals surface area contributed by atoms with Crippen LogP contribution in [0, 0.1) is 0 Å². The minimum atomic E-state index is 0.0413. The Bertz CT molecular complexity index is 420. The smallest absolute Gasteiger partial charge is 0.253 e. The first kappa shape index (κ1) is 13.1. The number of para-hydroxylation sites is 1.